The predicted octanol–water partition coefficient (Wildman–Crippen LogP) is 4.23. The van der Waals surface area contributed by atoms with E-state index in [-0.39, 0.29) is 0 Å². The Morgan fingerprint density at radius 3 is 2.82 bits per heavy atom. The summed E-state index contributed by atoms with van der Waals surface area (Å²) in [5, 5.41) is 6.07. The third kappa shape index (κ3) is 2.92. The summed E-state index contributed by atoms with van der Waals surface area (Å²) < 4.78 is 0. The molecule has 2 fully saturated rings. The molecule has 3 unspecified atom stereocenters. The van der Waals surface area contributed by atoms with Crippen LogP contribution in [-0.4, -0.2) is 6.54 Å². The van der Waals surface area contributed by atoms with Gasteiger partial charge < -0.3 is 5.32 Å². The fourth-order valence-corrected chi connectivity index (χ4v) is 4.10. The van der Waals surface area contributed by atoms with Gasteiger partial charge in [0.05, 0.1) is 0 Å². The summed E-state index contributed by atoms with van der Waals surface area (Å²) in [7, 11) is 0. The summed E-state index contributed by atoms with van der Waals surface area (Å²) in [5.74, 6) is 2.82. The van der Waals surface area contributed by atoms with E-state index in [2.05, 4.69) is 29.8 Å². The van der Waals surface area contributed by atoms with E-state index >= 15 is 0 Å². The van der Waals surface area contributed by atoms with Crippen LogP contribution in [-0.2, 0) is 0 Å². The molecule has 3 rings (SSSR count). The zero-order valence-electron chi connectivity index (χ0n) is 10.7. The number of thiophene rings is 1. The standard InChI is InChI=1S/C15H23NS/c1-11-4-5-12(9-11)10-16-15(13-6-7-13)14-3-2-8-17-14/h2-3,8,11-13,15-16H,4-7,9-10H2,1H3. The van der Waals surface area contributed by atoms with Crippen LogP contribution in [0, 0.1) is 17.8 Å². The van der Waals surface area contributed by atoms with Crippen molar-refractivity contribution in [3.05, 3.63) is 22.4 Å². The van der Waals surface area contributed by atoms with Crippen molar-refractivity contribution >= 4 is 11.3 Å². The minimum Gasteiger partial charge on any atom is -0.309 e. The second kappa shape index (κ2) is 5.11. The Bertz CT molecular complexity index is 342. The Balaban J connectivity index is 1.54. The van der Waals surface area contributed by atoms with Gasteiger partial charge in [0.2, 0.25) is 0 Å². The maximum absolute atomic E-state index is 3.86. The van der Waals surface area contributed by atoms with E-state index in [1.54, 1.807) is 4.88 Å². The van der Waals surface area contributed by atoms with Gasteiger partial charge >= 0.3 is 0 Å². The molecule has 94 valence electrons. The van der Waals surface area contributed by atoms with Crippen molar-refractivity contribution in [2.24, 2.45) is 17.8 Å². The van der Waals surface area contributed by atoms with Crippen LogP contribution in [0.1, 0.15) is 49.9 Å². The molecule has 2 aliphatic rings. The van der Waals surface area contributed by atoms with E-state index in [4.69, 9.17) is 0 Å². The Labute approximate surface area is 109 Å². The third-order valence-corrected chi connectivity index (χ3v) is 5.33. The van der Waals surface area contributed by atoms with E-state index in [0.29, 0.717) is 6.04 Å². The Morgan fingerprint density at radius 2 is 2.24 bits per heavy atom. The van der Waals surface area contributed by atoms with Crippen molar-refractivity contribution in [3.8, 4) is 0 Å². The highest BCUT2D eigenvalue weighted by atomic mass is 32.1. The van der Waals surface area contributed by atoms with Crippen LogP contribution >= 0.6 is 11.3 Å². The van der Waals surface area contributed by atoms with Crippen LogP contribution < -0.4 is 5.32 Å². The largest absolute Gasteiger partial charge is 0.309 e. The lowest BCUT2D eigenvalue weighted by atomic mass is 10.0. The summed E-state index contributed by atoms with van der Waals surface area (Å²) >= 11 is 1.92. The maximum atomic E-state index is 3.86. The zero-order valence-corrected chi connectivity index (χ0v) is 11.5. The van der Waals surface area contributed by atoms with Crippen LogP contribution in [0.5, 0.6) is 0 Å². The fraction of sp³-hybridized carbons (Fsp3) is 0.733. The lowest BCUT2D eigenvalue weighted by Gasteiger charge is -2.19. The van der Waals surface area contributed by atoms with E-state index in [1.807, 2.05) is 11.3 Å². The van der Waals surface area contributed by atoms with E-state index in [0.717, 1.165) is 17.8 Å². The van der Waals surface area contributed by atoms with Gasteiger partial charge in [-0.2, -0.15) is 0 Å². The topological polar surface area (TPSA) is 12.0 Å². The second-order valence-corrected chi connectivity index (χ2v) is 7.00. The Morgan fingerprint density at radius 1 is 1.35 bits per heavy atom. The quantitative estimate of drug-likeness (QED) is 0.823. The monoisotopic (exact) mass is 249 g/mol. The molecule has 1 aromatic rings. The molecule has 1 N–H and O–H groups in total. The number of hydrogen-bond acceptors (Lipinski definition) is 2. The lowest BCUT2D eigenvalue weighted by molar-refractivity contribution is 0.408. The molecule has 1 nitrogen and oxygen atoms in total. The summed E-state index contributed by atoms with van der Waals surface area (Å²) in [6, 6.07) is 5.15. The van der Waals surface area contributed by atoms with Crippen molar-refractivity contribution in [1.82, 2.24) is 5.32 Å². The van der Waals surface area contributed by atoms with Gasteiger partial charge in [-0.1, -0.05) is 19.4 Å². The number of nitrogens with one attached hydrogen (secondary N) is 1. The van der Waals surface area contributed by atoms with Gasteiger partial charge in [-0.3, -0.25) is 0 Å². The van der Waals surface area contributed by atoms with Crippen LogP contribution in [0.2, 0.25) is 0 Å². The van der Waals surface area contributed by atoms with Crippen molar-refractivity contribution in [2.75, 3.05) is 6.54 Å². The van der Waals surface area contributed by atoms with Gasteiger partial charge in [0.1, 0.15) is 0 Å². The van der Waals surface area contributed by atoms with Gasteiger partial charge in [0, 0.05) is 10.9 Å². The summed E-state index contributed by atoms with van der Waals surface area (Å²) in [4.78, 5) is 1.55. The van der Waals surface area contributed by atoms with Gasteiger partial charge in [0.25, 0.3) is 0 Å². The van der Waals surface area contributed by atoms with E-state index < -0.39 is 0 Å². The number of hydrogen-bond donors (Lipinski definition) is 1. The third-order valence-electron chi connectivity index (χ3n) is 4.37. The van der Waals surface area contributed by atoms with Crippen molar-refractivity contribution in [1.29, 1.82) is 0 Å². The second-order valence-electron chi connectivity index (χ2n) is 6.02. The van der Waals surface area contributed by atoms with Crippen molar-refractivity contribution in [2.45, 2.75) is 45.1 Å². The van der Waals surface area contributed by atoms with Crippen molar-refractivity contribution in [3.63, 3.8) is 0 Å². The zero-order chi connectivity index (χ0) is 11.7. The van der Waals surface area contributed by atoms with Gasteiger partial charge in [-0.05, 0) is 61.4 Å². The maximum Gasteiger partial charge on any atom is 0.0443 e. The molecule has 1 heterocycles. The first-order chi connectivity index (χ1) is 8.33. The fourth-order valence-electron chi connectivity index (χ4n) is 3.20. The van der Waals surface area contributed by atoms with Crippen LogP contribution in [0.4, 0.5) is 0 Å². The highest BCUT2D eigenvalue weighted by Gasteiger charge is 2.33. The highest BCUT2D eigenvalue weighted by Crippen LogP contribution is 2.42. The van der Waals surface area contributed by atoms with Gasteiger partial charge in [0.15, 0.2) is 0 Å². The molecule has 0 aliphatic heterocycles. The molecule has 0 radical (unpaired) electrons. The number of rotatable bonds is 5. The molecule has 0 spiro atoms. The molecule has 0 amide bonds. The molecule has 2 heteroatoms. The normalized spacial score (nSPS) is 30.6. The Kier molecular flexibility index (Phi) is 3.53. The molecule has 2 saturated carbocycles. The van der Waals surface area contributed by atoms with E-state index in [9.17, 15) is 0 Å². The molecule has 0 aromatic carbocycles. The summed E-state index contributed by atoms with van der Waals surface area (Å²) in [6.07, 6.45) is 7.18. The van der Waals surface area contributed by atoms with Gasteiger partial charge in [-0.15, -0.1) is 11.3 Å². The van der Waals surface area contributed by atoms with Crippen LogP contribution in [0.3, 0.4) is 0 Å². The summed E-state index contributed by atoms with van der Waals surface area (Å²) in [6.45, 7) is 3.64. The molecule has 1 aromatic heterocycles. The predicted molar refractivity (Wildman–Crippen MR) is 74.3 cm³/mol. The molecule has 3 atom stereocenters. The average molecular weight is 249 g/mol. The first kappa shape index (κ1) is 11.7. The SMILES string of the molecule is CC1CCC(CNC(c2cccs2)C2CC2)C1. The molecular weight excluding hydrogens is 226 g/mol. The van der Waals surface area contributed by atoms with E-state index in [1.165, 1.54) is 38.6 Å². The molecule has 0 saturated heterocycles. The Hall–Kier alpha value is -0.340. The van der Waals surface area contributed by atoms with Crippen LogP contribution in [0.25, 0.3) is 0 Å². The highest BCUT2D eigenvalue weighted by molar-refractivity contribution is 7.10. The van der Waals surface area contributed by atoms with Crippen LogP contribution in [0.15, 0.2) is 17.5 Å². The lowest BCUT2D eigenvalue weighted by Crippen LogP contribution is -2.27. The van der Waals surface area contributed by atoms with Gasteiger partial charge in [-0.25, -0.2) is 0 Å². The molecule has 17 heavy (non-hydrogen) atoms. The molecular formula is C15H23NS. The smallest absolute Gasteiger partial charge is 0.0443 e. The average Bonchev–Trinajstić information content (AvgIpc) is 2.85. The molecule has 2 aliphatic carbocycles. The molecule has 0 bridgehead atoms. The minimum atomic E-state index is 0.658. The van der Waals surface area contributed by atoms with Crippen molar-refractivity contribution < 1.29 is 0 Å². The first-order valence-corrected chi connectivity index (χ1v) is 7.97. The first-order valence-electron chi connectivity index (χ1n) is 7.09. The minimum absolute atomic E-state index is 0.658. The summed E-state index contributed by atoms with van der Waals surface area (Å²) in [5.41, 5.74) is 0.